The quantitative estimate of drug-likeness (QED) is 0.663. The Morgan fingerprint density at radius 1 is 1.21 bits per heavy atom. The molecule has 0 aliphatic heterocycles. The van der Waals surface area contributed by atoms with Crippen LogP contribution in [0.2, 0.25) is 0 Å². The van der Waals surface area contributed by atoms with Crippen LogP contribution in [0.5, 0.6) is 0 Å². The van der Waals surface area contributed by atoms with Gasteiger partial charge in [0, 0.05) is 37.3 Å². The molecule has 8 heteroatoms. The summed E-state index contributed by atoms with van der Waals surface area (Å²) in [5.41, 5.74) is 0.942. The lowest BCUT2D eigenvalue weighted by molar-refractivity contribution is -0.116. The molecule has 0 aliphatic rings. The molecule has 146 valence electrons. The highest BCUT2D eigenvalue weighted by Gasteiger charge is 2.13. The maximum Gasteiger partial charge on any atom is 0.262 e. The van der Waals surface area contributed by atoms with Gasteiger partial charge in [0.05, 0.1) is 11.7 Å². The Balaban J connectivity index is 1.64. The fourth-order valence-corrected chi connectivity index (χ4v) is 3.64. The first-order chi connectivity index (χ1) is 13.5. The number of thiophene rings is 1. The average molecular weight is 398 g/mol. The van der Waals surface area contributed by atoms with Crippen molar-refractivity contribution in [2.75, 3.05) is 18.4 Å². The van der Waals surface area contributed by atoms with Gasteiger partial charge in [-0.15, -0.1) is 11.3 Å². The van der Waals surface area contributed by atoms with E-state index < -0.39 is 0 Å². The molecule has 0 saturated heterocycles. The van der Waals surface area contributed by atoms with Crippen molar-refractivity contribution in [1.82, 2.24) is 14.5 Å². The fourth-order valence-electron chi connectivity index (χ4n) is 2.92. The molecule has 3 aromatic rings. The van der Waals surface area contributed by atoms with E-state index in [2.05, 4.69) is 10.3 Å². The summed E-state index contributed by atoms with van der Waals surface area (Å²) in [6.07, 6.45) is 1.60. The Morgan fingerprint density at radius 3 is 2.75 bits per heavy atom. The van der Waals surface area contributed by atoms with Gasteiger partial charge in [0.1, 0.15) is 4.83 Å². The number of benzene rings is 1. The van der Waals surface area contributed by atoms with E-state index in [1.165, 1.54) is 22.2 Å². The van der Waals surface area contributed by atoms with Crippen molar-refractivity contribution >= 4 is 39.1 Å². The molecular formula is C20H22N4O3S. The summed E-state index contributed by atoms with van der Waals surface area (Å²) < 4.78 is 1.44. The summed E-state index contributed by atoms with van der Waals surface area (Å²) in [7, 11) is 0. The second kappa shape index (κ2) is 8.79. The second-order valence-corrected chi connectivity index (χ2v) is 7.13. The molecule has 7 nitrogen and oxygen atoms in total. The number of nitrogens with one attached hydrogen (secondary N) is 1. The molecule has 2 heterocycles. The van der Waals surface area contributed by atoms with Gasteiger partial charge in [-0.2, -0.15) is 0 Å². The smallest absolute Gasteiger partial charge is 0.262 e. The SMILES string of the molecule is CCN(CC)C(=O)c1cccc(NC(=O)CCn2cnc3sccc3c2=O)c1. The number of aryl methyl sites for hydroxylation is 1. The third-order valence-electron chi connectivity index (χ3n) is 4.47. The van der Waals surface area contributed by atoms with Gasteiger partial charge < -0.3 is 10.2 Å². The molecule has 3 rings (SSSR count). The summed E-state index contributed by atoms with van der Waals surface area (Å²) in [4.78, 5) is 43.8. The first-order valence-corrected chi connectivity index (χ1v) is 10.0. The third kappa shape index (κ3) is 4.28. The predicted molar refractivity (Wildman–Crippen MR) is 111 cm³/mol. The van der Waals surface area contributed by atoms with E-state index in [0.717, 1.165) is 0 Å². The Hall–Kier alpha value is -3.00. The lowest BCUT2D eigenvalue weighted by atomic mass is 10.1. The first kappa shape index (κ1) is 19.8. The summed E-state index contributed by atoms with van der Waals surface area (Å²) in [5, 5.41) is 5.18. The number of carbonyl (C=O) groups is 2. The zero-order valence-corrected chi connectivity index (χ0v) is 16.7. The minimum Gasteiger partial charge on any atom is -0.339 e. The van der Waals surface area contributed by atoms with Crippen LogP contribution in [0.3, 0.4) is 0 Å². The lowest BCUT2D eigenvalue weighted by Crippen LogP contribution is -2.30. The van der Waals surface area contributed by atoms with E-state index in [4.69, 9.17) is 0 Å². The normalized spacial score (nSPS) is 10.8. The highest BCUT2D eigenvalue weighted by Crippen LogP contribution is 2.15. The van der Waals surface area contributed by atoms with Gasteiger partial charge in [-0.05, 0) is 43.5 Å². The number of anilines is 1. The summed E-state index contributed by atoms with van der Waals surface area (Å²) in [5.74, 6) is -0.299. The van der Waals surface area contributed by atoms with E-state index >= 15 is 0 Å². The largest absolute Gasteiger partial charge is 0.339 e. The van der Waals surface area contributed by atoms with Crippen molar-refractivity contribution in [2.45, 2.75) is 26.8 Å². The lowest BCUT2D eigenvalue weighted by Gasteiger charge is -2.19. The van der Waals surface area contributed by atoms with Crippen molar-refractivity contribution in [3.63, 3.8) is 0 Å². The van der Waals surface area contributed by atoms with E-state index in [0.29, 0.717) is 34.6 Å². The summed E-state index contributed by atoms with van der Waals surface area (Å²) in [6, 6.07) is 8.62. The minimum absolute atomic E-state index is 0.0669. The minimum atomic E-state index is -0.232. The Morgan fingerprint density at radius 2 is 2.00 bits per heavy atom. The number of hydrogen-bond donors (Lipinski definition) is 1. The molecule has 0 aliphatic carbocycles. The van der Waals surface area contributed by atoms with Gasteiger partial charge in [0.15, 0.2) is 0 Å². The van der Waals surface area contributed by atoms with Crippen LogP contribution in [0.4, 0.5) is 5.69 Å². The number of hydrogen-bond acceptors (Lipinski definition) is 5. The Kier molecular flexibility index (Phi) is 6.20. The predicted octanol–water partition coefficient (Wildman–Crippen LogP) is 2.97. The molecule has 2 amide bonds. The van der Waals surface area contributed by atoms with Crippen molar-refractivity contribution in [1.29, 1.82) is 0 Å². The van der Waals surface area contributed by atoms with Gasteiger partial charge in [0.25, 0.3) is 11.5 Å². The molecule has 0 saturated carbocycles. The molecule has 0 atom stereocenters. The van der Waals surface area contributed by atoms with Gasteiger partial charge >= 0.3 is 0 Å². The standard InChI is InChI=1S/C20H22N4O3S/c1-3-23(4-2)19(26)14-6-5-7-15(12-14)22-17(25)8-10-24-13-21-18-16(20(24)27)9-11-28-18/h5-7,9,11-13H,3-4,8,10H2,1-2H3,(H,22,25). The molecule has 1 aromatic carbocycles. The van der Waals surface area contributed by atoms with Crippen molar-refractivity contribution in [2.24, 2.45) is 0 Å². The molecule has 0 bridgehead atoms. The van der Waals surface area contributed by atoms with Crippen LogP contribution in [0, 0.1) is 0 Å². The van der Waals surface area contributed by atoms with Crippen LogP contribution >= 0.6 is 11.3 Å². The van der Waals surface area contributed by atoms with E-state index in [-0.39, 0.29) is 30.3 Å². The molecule has 0 radical (unpaired) electrons. The van der Waals surface area contributed by atoms with Crippen LogP contribution in [0.1, 0.15) is 30.6 Å². The van der Waals surface area contributed by atoms with Crippen LogP contribution in [0.25, 0.3) is 10.2 Å². The maximum absolute atomic E-state index is 12.4. The van der Waals surface area contributed by atoms with Gasteiger partial charge in [-0.3, -0.25) is 19.0 Å². The highest BCUT2D eigenvalue weighted by molar-refractivity contribution is 7.16. The number of aromatic nitrogens is 2. The van der Waals surface area contributed by atoms with Crippen LogP contribution in [-0.2, 0) is 11.3 Å². The first-order valence-electron chi connectivity index (χ1n) is 9.15. The van der Waals surface area contributed by atoms with Crippen LogP contribution in [-0.4, -0.2) is 39.4 Å². The molecular weight excluding hydrogens is 376 g/mol. The monoisotopic (exact) mass is 398 g/mol. The van der Waals surface area contributed by atoms with Gasteiger partial charge in [-0.1, -0.05) is 6.07 Å². The molecule has 1 N–H and O–H groups in total. The van der Waals surface area contributed by atoms with E-state index in [9.17, 15) is 14.4 Å². The van der Waals surface area contributed by atoms with Crippen LogP contribution < -0.4 is 10.9 Å². The van der Waals surface area contributed by atoms with Crippen molar-refractivity contribution in [3.8, 4) is 0 Å². The zero-order chi connectivity index (χ0) is 20.1. The fraction of sp³-hybridized carbons (Fsp3) is 0.300. The van der Waals surface area contributed by atoms with Crippen molar-refractivity contribution < 1.29 is 9.59 Å². The zero-order valence-electron chi connectivity index (χ0n) is 15.8. The third-order valence-corrected chi connectivity index (χ3v) is 5.29. The summed E-state index contributed by atoms with van der Waals surface area (Å²) >= 11 is 1.41. The summed E-state index contributed by atoms with van der Waals surface area (Å²) in [6.45, 7) is 5.35. The number of fused-ring (bicyclic) bond motifs is 1. The number of rotatable bonds is 7. The second-order valence-electron chi connectivity index (χ2n) is 6.24. The van der Waals surface area contributed by atoms with Gasteiger partial charge in [-0.25, -0.2) is 4.98 Å². The average Bonchev–Trinajstić information content (AvgIpc) is 3.18. The van der Waals surface area contributed by atoms with Crippen LogP contribution in [0.15, 0.2) is 46.8 Å². The number of amides is 2. The molecule has 2 aromatic heterocycles. The van der Waals surface area contributed by atoms with Gasteiger partial charge in [0.2, 0.25) is 5.91 Å². The Labute approximate surface area is 166 Å². The molecule has 28 heavy (non-hydrogen) atoms. The van der Waals surface area contributed by atoms with Crippen molar-refractivity contribution in [3.05, 3.63) is 58.0 Å². The highest BCUT2D eigenvalue weighted by atomic mass is 32.1. The molecule has 0 spiro atoms. The number of carbonyl (C=O) groups excluding carboxylic acids is 2. The maximum atomic E-state index is 12.4. The molecule has 0 unspecified atom stereocenters. The van der Waals surface area contributed by atoms with E-state index in [1.807, 2.05) is 19.2 Å². The topological polar surface area (TPSA) is 84.3 Å². The number of nitrogens with zero attached hydrogens (tertiary/aromatic N) is 3. The Bertz CT molecular complexity index is 1050. The van der Waals surface area contributed by atoms with E-state index in [1.54, 1.807) is 35.2 Å². The molecule has 0 fully saturated rings.